The van der Waals surface area contributed by atoms with Gasteiger partial charge in [-0.05, 0) is 80.7 Å². The summed E-state index contributed by atoms with van der Waals surface area (Å²) in [5.74, 6) is 0.482. The average molecular weight is 528 g/mol. The normalized spacial score (nSPS) is 31.0. The molecule has 2 aromatic carbocycles. The number of imidazole rings is 1. The number of hydrogen-bond donors (Lipinski definition) is 4. The fourth-order valence-electron chi connectivity index (χ4n) is 7.37. The average Bonchev–Trinajstić information content (AvgIpc) is 3.63. The molecule has 9 nitrogen and oxygen atoms in total. The Hall–Kier alpha value is -3.27. The molecule has 3 heterocycles. The fourth-order valence-corrected chi connectivity index (χ4v) is 7.37. The van der Waals surface area contributed by atoms with Crippen LogP contribution in [0.1, 0.15) is 56.6 Å². The third-order valence-corrected chi connectivity index (χ3v) is 9.28. The molecule has 7 rings (SSSR count). The molecule has 4 unspecified atom stereocenters. The molecule has 1 amide bonds. The third-order valence-electron chi connectivity index (χ3n) is 9.28. The number of hydrazine groups is 1. The van der Waals surface area contributed by atoms with E-state index in [0.29, 0.717) is 24.9 Å². The maximum atomic E-state index is 13.5. The largest absolute Gasteiger partial charge is 0.388 e. The lowest BCUT2D eigenvalue weighted by Gasteiger charge is -2.39. The van der Waals surface area contributed by atoms with Crippen molar-refractivity contribution in [3.05, 3.63) is 60.6 Å². The maximum absolute atomic E-state index is 13.5. The number of rotatable bonds is 5. The first-order chi connectivity index (χ1) is 18.9. The van der Waals surface area contributed by atoms with E-state index in [1.165, 1.54) is 5.56 Å². The number of carbonyl (C=O) groups is 1. The summed E-state index contributed by atoms with van der Waals surface area (Å²) in [7, 11) is 1.95. The van der Waals surface area contributed by atoms with Crippen LogP contribution in [-0.2, 0) is 18.4 Å². The maximum Gasteiger partial charge on any atom is 0.223 e. The second-order valence-corrected chi connectivity index (χ2v) is 12.1. The number of nitrogens with one attached hydrogen (secondary N) is 3. The molecular formula is C30H37N7O2. The highest BCUT2D eigenvalue weighted by Gasteiger charge is 2.43. The van der Waals surface area contributed by atoms with Crippen LogP contribution in [0.3, 0.4) is 0 Å². The van der Waals surface area contributed by atoms with Gasteiger partial charge < -0.3 is 15.0 Å². The molecule has 204 valence electrons. The number of hydrogen-bond acceptors (Lipinski definition) is 6. The van der Waals surface area contributed by atoms with Gasteiger partial charge in [0.25, 0.3) is 0 Å². The Balaban J connectivity index is 1.01. The van der Waals surface area contributed by atoms with Crippen LogP contribution in [0.5, 0.6) is 0 Å². The van der Waals surface area contributed by atoms with Gasteiger partial charge in [0.15, 0.2) is 0 Å². The van der Waals surface area contributed by atoms with E-state index in [1.54, 1.807) is 0 Å². The number of fused-ring (bicyclic) bond motifs is 3. The van der Waals surface area contributed by atoms with Crippen molar-refractivity contribution in [3.8, 4) is 0 Å². The standard InChI is InChI=1S/C30H37N7O2/c1-36-16-21-13-19(8-10-24(21)35-36)28-23-14-20(9-11-25(23)33-34-28)29(38)32-22-5-4-12-30(39,15-22)17-37-18-31-26-6-2-3-7-27(26)37/h2-3,6-8,10,13,16,18,20,22-23,25,28,33-34,39H,4-5,9,11-12,14-15,17H2,1H3,(H,32,38)/t20?,22-,23?,25?,28?,30+/m1/s1. The van der Waals surface area contributed by atoms with Crippen LogP contribution in [0, 0.1) is 11.8 Å². The quantitative estimate of drug-likeness (QED) is 0.317. The Bertz CT molecular complexity index is 1510. The molecule has 2 aliphatic carbocycles. The van der Waals surface area contributed by atoms with Gasteiger partial charge in [0.05, 0.1) is 41.1 Å². The molecule has 0 bridgehead atoms. The van der Waals surface area contributed by atoms with Gasteiger partial charge in [-0.1, -0.05) is 18.2 Å². The number of aromatic nitrogens is 4. The van der Waals surface area contributed by atoms with E-state index in [-0.39, 0.29) is 23.9 Å². The lowest BCUT2D eigenvalue weighted by molar-refractivity contribution is -0.128. The predicted octanol–water partition coefficient (Wildman–Crippen LogP) is 3.35. The molecule has 0 radical (unpaired) electrons. The minimum absolute atomic E-state index is 0.00706. The van der Waals surface area contributed by atoms with Gasteiger partial charge in [0.2, 0.25) is 5.91 Å². The van der Waals surface area contributed by atoms with E-state index in [9.17, 15) is 9.90 Å². The van der Waals surface area contributed by atoms with Crippen molar-refractivity contribution in [1.29, 1.82) is 0 Å². The van der Waals surface area contributed by atoms with Crippen molar-refractivity contribution in [2.45, 2.75) is 75.2 Å². The number of aryl methyl sites for hydroxylation is 1. The van der Waals surface area contributed by atoms with E-state index < -0.39 is 5.60 Å². The van der Waals surface area contributed by atoms with E-state index >= 15 is 0 Å². The van der Waals surface area contributed by atoms with E-state index in [1.807, 2.05) is 46.9 Å². The predicted molar refractivity (Wildman–Crippen MR) is 149 cm³/mol. The van der Waals surface area contributed by atoms with E-state index in [2.05, 4.69) is 50.6 Å². The Morgan fingerprint density at radius 3 is 2.97 bits per heavy atom. The van der Waals surface area contributed by atoms with Crippen molar-refractivity contribution < 1.29 is 9.90 Å². The molecule has 1 saturated heterocycles. The van der Waals surface area contributed by atoms with Gasteiger partial charge in [-0.15, -0.1) is 0 Å². The van der Waals surface area contributed by atoms with Crippen molar-refractivity contribution in [2.24, 2.45) is 18.9 Å². The summed E-state index contributed by atoms with van der Waals surface area (Å²) in [6, 6.07) is 15.0. The highest BCUT2D eigenvalue weighted by atomic mass is 16.3. The highest BCUT2D eigenvalue weighted by molar-refractivity contribution is 5.80. The smallest absolute Gasteiger partial charge is 0.223 e. The fraction of sp³-hybridized carbons (Fsp3) is 0.500. The summed E-state index contributed by atoms with van der Waals surface area (Å²) in [6.45, 7) is 0.493. The summed E-state index contributed by atoms with van der Waals surface area (Å²) in [5.41, 5.74) is 10.4. The molecule has 2 aromatic heterocycles. The first-order valence-corrected chi connectivity index (χ1v) is 14.3. The van der Waals surface area contributed by atoms with Crippen molar-refractivity contribution in [2.75, 3.05) is 0 Å². The van der Waals surface area contributed by atoms with Crippen molar-refractivity contribution in [3.63, 3.8) is 0 Å². The summed E-state index contributed by atoms with van der Waals surface area (Å²) >= 11 is 0. The molecule has 3 fully saturated rings. The van der Waals surface area contributed by atoms with Crippen LogP contribution in [0.25, 0.3) is 21.9 Å². The lowest BCUT2D eigenvalue weighted by Crippen LogP contribution is -2.49. The number of amides is 1. The van der Waals surface area contributed by atoms with Gasteiger partial charge in [-0.2, -0.15) is 5.10 Å². The molecular weight excluding hydrogens is 490 g/mol. The Morgan fingerprint density at radius 2 is 2.05 bits per heavy atom. The number of nitrogens with zero attached hydrogens (tertiary/aromatic N) is 4. The molecule has 4 aromatic rings. The van der Waals surface area contributed by atoms with Crippen LogP contribution < -0.4 is 16.2 Å². The molecule has 0 spiro atoms. The van der Waals surface area contributed by atoms with Crippen LogP contribution in [0.15, 0.2) is 55.0 Å². The zero-order valence-electron chi connectivity index (χ0n) is 22.4. The highest BCUT2D eigenvalue weighted by Crippen LogP contribution is 2.41. The second-order valence-electron chi connectivity index (χ2n) is 12.1. The Labute approximate surface area is 227 Å². The minimum atomic E-state index is -0.855. The van der Waals surface area contributed by atoms with Crippen LogP contribution in [0.4, 0.5) is 0 Å². The molecule has 9 heteroatoms. The second kappa shape index (κ2) is 9.73. The van der Waals surface area contributed by atoms with Gasteiger partial charge in [0.1, 0.15) is 0 Å². The molecule has 2 saturated carbocycles. The SMILES string of the molecule is Cn1cc2cc(C3NNC4CCC(C(=O)N[C@@H]5CCC[C@@](O)(Cn6cnc7ccccc76)C5)CC43)ccc2n1. The van der Waals surface area contributed by atoms with Crippen LogP contribution >= 0.6 is 0 Å². The van der Waals surface area contributed by atoms with Gasteiger partial charge in [-0.25, -0.2) is 10.4 Å². The van der Waals surface area contributed by atoms with Crippen molar-refractivity contribution >= 4 is 27.8 Å². The summed E-state index contributed by atoms with van der Waals surface area (Å²) in [4.78, 5) is 18.0. The number of benzene rings is 2. The number of carbonyl (C=O) groups excluding carboxylic acids is 1. The first kappa shape index (κ1) is 24.7. The first-order valence-electron chi connectivity index (χ1n) is 14.3. The Kier molecular flexibility index (Phi) is 6.17. The van der Waals surface area contributed by atoms with Gasteiger partial charge in [-0.3, -0.25) is 14.9 Å². The molecule has 6 atom stereocenters. The van der Waals surface area contributed by atoms with Gasteiger partial charge in [0, 0.05) is 36.6 Å². The topological polar surface area (TPSA) is 109 Å². The number of aliphatic hydroxyl groups is 1. The van der Waals surface area contributed by atoms with E-state index in [0.717, 1.165) is 60.5 Å². The zero-order chi connectivity index (χ0) is 26.6. The lowest BCUT2D eigenvalue weighted by atomic mass is 9.74. The van der Waals surface area contributed by atoms with Crippen molar-refractivity contribution in [1.82, 2.24) is 35.5 Å². The minimum Gasteiger partial charge on any atom is -0.388 e. The molecule has 1 aliphatic heterocycles. The van der Waals surface area contributed by atoms with Crippen LogP contribution in [-0.4, -0.2) is 48.0 Å². The summed E-state index contributed by atoms with van der Waals surface area (Å²) < 4.78 is 3.90. The Morgan fingerprint density at radius 1 is 1.15 bits per heavy atom. The monoisotopic (exact) mass is 527 g/mol. The zero-order valence-corrected chi connectivity index (χ0v) is 22.4. The third kappa shape index (κ3) is 4.73. The summed E-state index contributed by atoms with van der Waals surface area (Å²) in [6.07, 6.45) is 9.69. The van der Waals surface area contributed by atoms with E-state index in [4.69, 9.17) is 0 Å². The van der Waals surface area contributed by atoms with Gasteiger partial charge >= 0.3 is 0 Å². The summed E-state index contributed by atoms with van der Waals surface area (Å²) in [5, 5.41) is 20.5. The van der Waals surface area contributed by atoms with Crippen LogP contribution in [0.2, 0.25) is 0 Å². The molecule has 4 N–H and O–H groups in total. The molecule has 3 aliphatic rings. The number of para-hydroxylation sites is 2. The molecule has 39 heavy (non-hydrogen) atoms.